The van der Waals surface area contributed by atoms with Crippen LogP contribution in [0, 0.1) is 11.8 Å². The number of halogens is 1. The second-order valence-electron chi connectivity index (χ2n) is 4.81. The summed E-state index contributed by atoms with van der Waals surface area (Å²) in [5.74, 6) is 1.19. The van der Waals surface area contributed by atoms with Crippen molar-refractivity contribution in [3.8, 4) is 0 Å². The second kappa shape index (κ2) is 5.20. The zero-order chi connectivity index (χ0) is 11.5. The molecule has 16 heavy (non-hydrogen) atoms. The molecule has 2 heteroatoms. The minimum Gasteiger partial charge on any atom is -0.388 e. The quantitative estimate of drug-likeness (QED) is 0.837. The highest BCUT2D eigenvalue weighted by Crippen LogP contribution is 2.41. The topological polar surface area (TPSA) is 20.2 Å². The fourth-order valence-corrected chi connectivity index (χ4v) is 2.99. The minimum absolute atomic E-state index is 0.384. The highest BCUT2D eigenvalue weighted by Gasteiger charge is 2.30. The maximum Gasteiger partial charge on any atom is 0.0832 e. The van der Waals surface area contributed by atoms with Gasteiger partial charge in [0.1, 0.15) is 0 Å². The lowest BCUT2D eigenvalue weighted by Gasteiger charge is -2.19. The average Bonchev–Trinajstić information content (AvgIpc) is 2.77. The van der Waals surface area contributed by atoms with Gasteiger partial charge in [-0.3, -0.25) is 0 Å². The molecule has 0 aliphatic heterocycles. The molecule has 0 bridgehead atoms. The van der Waals surface area contributed by atoms with Crippen LogP contribution in [0.3, 0.4) is 0 Å². The predicted molar refractivity (Wildman–Crippen MR) is 67.5 cm³/mol. The third-order valence-corrected chi connectivity index (χ3v) is 4.17. The lowest BCUT2D eigenvalue weighted by Crippen LogP contribution is -2.10. The lowest BCUT2D eigenvalue weighted by molar-refractivity contribution is 0.109. The normalized spacial score (nSPS) is 26.9. The van der Waals surface area contributed by atoms with Crippen molar-refractivity contribution >= 4 is 11.6 Å². The molecule has 0 spiro atoms. The van der Waals surface area contributed by atoms with E-state index >= 15 is 0 Å². The molecule has 0 heterocycles. The van der Waals surface area contributed by atoms with Crippen molar-refractivity contribution in [2.45, 2.75) is 38.7 Å². The summed E-state index contributed by atoms with van der Waals surface area (Å²) in [6.07, 6.45) is 4.37. The number of benzene rings is 1. The van der Waals surface area contributed by atoms with E-state index in [-0.39, 0.29) is 6.10 Å². The van der Waals surface area contributed by atoms with Crippen molar-refractivity contribution in [1.29, 1.82) is 0 Å². The molecule has 1 saturated carbocycles. The van der Waals surface area contributed by atoms with E-state index in [1.807, 2.05) is 24.3 Å². The Morgan fingerprint density at radius 2 is 2.12 bits per heavy atom. The van der Waals surface area contributed by atoms with E-state index in [4.69, 9.17) is 11.6 Å². The zero-order valence-electron chi connectivity index (χ0n) is 9.70. The van der Waals surface area contributed by atoms with Gasteiger partial charge in [0.25, 0.3) is 0 Å². The fraction of sp³-hybridized carbons (Fsp3) is 0.571. The number of aliphatic hydroxyl groups excluding tert-OH is 1. The van der Waals surface area contributed by atoms with Crippen molar-refractivity contribution in [3.05, 3.63) is 34.9 Å². The van der Waals surface area contributed by atoms with Crippen molar-refractivity contribution in [1.82, 2.24) is 0 Å². The Labute approximate surface area is 102 Å². The molecule has 88 valence electrons. The number of rotatable bonds is 3. The van der Waals surface area contributed by atoms with Crippen molar-refractivity contribution < 1.29 is 5.11 Å². The molecule has 1 nitrogen and oxygen atoms in total. The van der Waals surface area contributed by atoms with Crippen LogP contribution in [0.5, 0.6) is 0 Å². The molecule has 0 amide bonds. The molecule has 1 N–H and O–H groups in total. The van der Waals surface area contributed by atoms with Crippen LogP contribution in [0.4, 0.5) is 0 Å². The van der Waals surface area contributed by atoms with Crippen LogP contribution in [0.2, 0.25) is 5.02 Å². The highest BCUT2D eigenvalue weighted by atomic mass is 35.5. The smallest absolute Gasteiger partial charge is 0.0832 e. The lowest BCUT2D eigenvalue weighted by atomic mass is 9.93. The predicted octanol–water partition coefficient (Wildman–Crippen LogP) is 4.20. The van der Waals surface area contributed by atoms with Crippen LogP contribution in [0.1, 0.15) is 44.3 Å². The molecule has 0 saturated heterocycles. The summed E-state index contributed by atoms with van der Waals surface area (Å²) >= 11 is 6.11. The van der Waals surface area contributed by atoms with Gasteiger partial charge >= 0.3 is 0 Å². The summed E-state index contributed by atoms with van der Waals surface area (Å²) in [4.78, 5) is 0. The molecular weight excluding hydrogens is 220 g/mol. The third-order valence-electron chi connectivity index (χ3n) is 3.83. The van der Waals surface area contributed by atoms with Gasteiger partial charge in [0.15, 0.2) is 0 Å². The van der Waals surface area contributed by atoms with Gasteiger partial charge in [-0.1, -0.05) is 49.6 Å². The van der Waals surface area contributed by atoms with Crippen molar-refractivity contribution in [3.63, 3.8) is 0 Å². The van der Waals surface area contributed by atoms with Crippen LogP contribution < -0.4 is 0 Å². The Bertz CT molecular complexity index is 350. The standard InChI is InChI=1S/C14H19ClO/c1-2-10-7-8-11(9-10)14(16)12-5-3-4-6-13(12)15/h3-6,10-11,14,16H,2,7-9H2,1H3. The summed E-state index contributed by atoms with van der Waals surface area (Å²) in [5, 5.41) is 11.0. The zero-order valence-corrected chi connectivity index (χ0v) is 10.5. The van der Waals surface area contributed by atoms with Gasteiger partial charge in [-0.25, -0.2) is 0 Å². The number of hydrogen-bond acceptors (Lipinski definition) is 1. The van der Waals surface area contributed by atoms with Crippen LogP contribution >= 0.6 is 11.6 Å². The molecule has 1 aromatic rings. The molecular formula is C14H19ClO. The first-order chi connectivity index (χ1) is 7.72. The summed E-state index contributed by atoms with van der Waals surface area (Å²) < 4.78 is 0. The van der Waals surface area contributed by atoms with Crippen LogP contribution in [-0.2, 0) is 0 Å². The highest BCUT2D eigenvalue weighted by molar-refractivity contribution is 6.31. The Morgan fingerprint density at radius 3 is 2.75 bits per heavy atom. The van der Waals surface area contributed by atoms with Gasteiger partial charge in [-0.05, 0) is 36.3 Å². The van der Waals surface area contributed by atoms with Gasteiger partial charge in [0, 0.05) is 5.02 Å². The number of aliphatic hydroxyl groups is 1. The maximum atomic E-state index is 10.3. The molecule has 3 atom stereocenters. The second-order valence-corrected chi connectivity index (χ2v) is 5.22. The fourth-order valence-electron chi connectivity index (χ4n) is 2.74. The maximum absolute atomic E-state index is 10.3. The minimum atomic E-state index is -0.384. The molecule has 1 aromatic carbocycles. The van der Waals surface area contributed by atoms with E-state index in [0.29, 0.717) is 10.9 Å². The van der Waals surface area contributed by atoms with E-state index in [2.05, 4.69) is 6.92 Å². The molecule has 0 aromatic heterocycles. The van der Waals surface area contributed by atoms with E-state index in [0.717, 1.165) is 24.3 Å². The van der Waals surface area contributed by atoms with Crippen LogP contribution in [-0.4, -0.2) is 5.11 Å². The van der Waals surface area contributed by atoms with E-state index in [1.165, 1.54) is 12.8 Å². The van der Waals surface area contributed by atoms with Gasteiger partial charge < -0.3 is 5.11 Å². The van der Waals surface area contributed by atoms with Crippen molar-refractivity contribution in [2.24, 2.45) is 11.8 Å². The Morgan fingerprint density at radius 1 is 1.38 bits per heavy atom. The first-order valence-electron chi connectivity index (χ1n) is 6.14. The van der Waals surface area contributed by atoms with Gasteiger partial charge in [-0.2, -0.15) is 0 Å². The van der Waals surface area contributed by atoms with Gasteiger partial charge in [-0.15, -0.1) is 0 Å². The monoisotopic (exact) mass is 238 g/mol. The first kappa shape index (κ1) is 11.9. The van der Waals surface area contributed by atoms with Crippen molar-refractivity contribution in [2.75, 3.05) is 0 Å². The van der Waals surface area contributed by atoms with E-state index in [9.17, 15) is 5.11 Å². The first-order valence-corrected chi connectivity index (χ1v) is 6.52. The van der Waals surface area contributed by atoms with E-state index < -0.39 is 0 Å². The molecule has 1 fully saturated rings. The SMILES string of the molecule is CCC1CCC(C(O)c2ccccc2Cl)C1. The van der Waals surface area contributed by atoms with E-state index in [1.54, 1.807) is 0 Å². The average molecular weight is 239 g/mol. The molecule has 2 rings (SSSR count). The molecule has 0 radical (unpaired) electrons. The molecule has 1 aliphatic rings. The van der Waals surface area contributed by atoms with Gasteiger partial charge in [0.05, 0.1) is 6.10 Å². The summed E-state index contributed by atoms with van der Waals surface area (Å²) in [5.41, 5.74) is 0.894. The summed E-state index contributed by atoms with van der Waals surface area (Å²) in [6.45, 7) is 2.23. The third kappa shape index (κ3) is 2.41. The Balaban J connectivity index is 2.08. The largest absolute Gasteiger partial charge is 0.388 e. The van der Waals surface area contributed by atoms with Gasteiger partial charge in [0.2, 0.25) is 0 Å². The number of hydrogen-bond donors (Lipinski definition) is 1. The Hall–Kier alpha value is -0.530. The summed E-state index contributed by atoms with van der Waals surface area (Å²) in [7, 11) is 0. The molecule has 1 aliphatic carbocycles. The van der Waals surface area contributed by atoms with Crippen LogP contribution in [0.15, 0.2) is 24.3 Å². The summed E-state index contributed by atoms with van der Waals surface area (Å²) in [6, 6.07) is 7.64. The molecule has 3 unspecified atom stereocenters. The van der Waals surface area contributed by atoms with Crippen LogP contribution in [0.25, 0.3) is 0 Å². The Kier molecular flexibility index (Phi) is 3.88.